The van der Waals surface area contributed by atoms with Gasteiger partial charge in [-0.3, -0.25) is 14.4 Å². The predicted molar refractivity (Wildman–Crippen MR) is 88.6 cm³/mol. The summed E-state index contributed by atoms with van der Waals surface area (Å²) in [7, 11) is 0. The zero-order valence-corrected chi connectivity index (χ0v) is 14.3. The van der Waals surface area contributed by atoms with Crippen LogP contribution in [0, 0.1) is 0 Å². The Morgan fingerprint density at radius 3 is 2.52 bits per heavy atom. The first-order valence-corrected chi connectivity index (χ1v) is 8.17. The first-order valence-electron chi connectivity index (χ1n) is 8.17. The van der Waals surface area contributed by atoms with Crippen LogP contribution in [0.1, 0.15) is 24.8 Å². The van der Waals surface area contributed by atoms with Gasteiger partial charge in [-0.2, -0.15) is 18.3 Å². The lowest BCUT2D eigenvalue weighted by Gasteiger charge is -2.11. The van der Waals surface area contributed by atoms with E-state index in [4.69, 9.17) is 0 Å². The number of nitrogens with one attached hydrogen (secondary N) is 1. The normalized spacial score (nSPS) is 13.9. The van der Waals surface area contributed by atoms with Gasteiger partial charge in [0.25, 0.3) is 5.91 Å². The maximum absolute atomic E-state index is 12.1. The Morgan fingerprint density at radius 2 is 1.85 bits per heavy atom. The molecule has 2 amide bonds. The summed E-state index contributed by atoms with van der Waals surface area (Å²) in [4.78, 5) is 34.7. The number of benzene rings is 1. The third-order valence-electron chi connectivity index (χ3n) is 3.59. The van der Waals surface area contributed by atoms with Gasteiger partial charge in [0.1, 0.15) is 6.54 Å². The first kappa shape index (κ1) is 20.4. The number of rotatable bonds is 7. The molecule has 0 unspecified atom stereocenters. The van der Waals surface area contributed by atoms with Crippen molar-refractivity contribution < 1.29 is 32.3 Å². The third kappa shape index (κ3) is 7.08. The summed E-state index contributed by atoms with van der Waals surface area (Å²) in [5, 5.41) is 7.08. The van der Waals surface area contributed by atoms with Gasteiger partial charge in [-0.25, -0.2) is 5.01 Å². The second-order valence-electron chi connectivity index (χ2n) is 5.73. The fourth-order valence-corrected chi connectivity index (χ4v) is 2.28. The largest absolute Gasteiger partial charge is 0.456 e. The highest BCUT2D eigenvalue weighted by Gasteiger charge is 2.28. The number of hydrogen-bond donors (Lipinski definition) is 1. The Balaban J connectivity index is 1.70. The summed E-state index contributed by atoms with van der Waals surface area (Å²) in [6.45, 7) is -1.93. The monoisotopic (exact) mass is 385 g/mol. The summed E-state index contributed by atoms with van der Waals surface area (Å²) in [5.41, 5.74) is 1.69. The maximum Gasteiger partial charge on any atom is 0.405 e. The van der Waals surface area contributed by atoms with Crippen LogP contribution in [0.2, 0.25) is 0 Å². The molecule has 1 aromatic rings. The van der Waals surface area contributed by atoms with E-state index in [2.05, 4.69) is 9.84 Å². The van der Waals surface area contributed by atoms with Crippen LogP contribution in [0.5, 0.6) is 0 Å². The minimum Gasteiger partial charge on any atom is -0.456 e. The van der Waals surface area contributed by atoms with E-state index in [9.17, 15) is 27.6 Å². The van der Waals surface area contributed by atoms with Crippen LogP contribution >= 0.6 is 0 Å². The molecule has 2 rings (SSSR count). The number of carbonyl (C=O) groups is 3. The number of nitrogens with zero attached hydrogens (tertiary/aromatic N) is 2. The van der Waals surface area contributed by atoms with Gasteiger partial charge in [-0.15, -0.1) is 0 Å². The number of hydrazone groups is 1. The highest BCUT2D eigenvalue weighted by Crippen LogP contribution is 2.15. The average molecular weight is 385 g/mol. The molecule has 7 nitrogen and oxygen atoms in total. The maximum atomic E-state index is 12.1. The third-order valence-corrected chi connectivity index (χ3v) is 3.59. The molecule has 0 radical (unpaired) electrons. The quantitative estimate of drug-likeness (QED) is 0.723. The molecule has 0 spiro atoms. The molecular weight excluding hydrogens is 367 g/mol. The first-order chi connectivity index (χ1) is 12.7. The minimum absolute atomic E-state index is 0.172. The van der Waals surface area contributed by atoms with E-state index >= 15 is 0 Å². The van der Waals surface area contributed by atoms with Gasteiger partial charge in [0.15, 0.2) is 6.61 Å². The summed E-state index contributed by atoms with van der Waals surface area (Å²) < 4.78 is 40.3. The van der Waals surface area contributed by atoms with Crippen LogP contribution in [0.25, 0.3) is 0 Å². The molecule has 0 bridgehead atoms. The second kappa shape index (κ2) is 9.15. The van der Waals surface area contributed by atoms with Crippen molar-refractivity contribution in [1.29, 1.82) is 0 Å². The van der Waals surface area contributed by atoms with Crippen molar-refractivity contribution in [2.45, 2.75) is 25.4 Å². The highest BCUT2D eigenvalue weighted by atomic mass is 19.4. The SMILES string of the molecule is O=C(COC(=O)CCC(=O)N1CCC(c2ccccc2)=N1)NCC(F)(F)F. The lowest BCUT2D eigenvalue weighted by Crippen LogP contribution is -2.36. The smallest absolute Gasteiger partial charge is 0.405 e. The molecule has 0 saturated carbocycles. The number of alkyl halides is 3. The molecular formula is C17H18F3N3O4. The summed E-state index contributed by atoms with van der Waals surface area (Å²) in [5.74, 6) is -2.29. The number of esters is 1. The molecule has 10 heteroatoms. The van der Waals surface area contributed by atoms with Gasteiger partial charge in [0.2, 0.25) is 5.91 Å². The molecule has 1 N–H and O–H groups in total. The van der Waals surface area contributed by atoms with E-state index < -0.39 is 31.2 Å². The molecule has 1 heterocycles. The van der Waals surface area contributed by atoms with Gasteiger partial charge < -0.3 is 10.1 Å². The van der Waals surface area contributed by atoms with Crippen molar-refractivity contribution in [3.05, 3.63) is 35.9 Å². The van der Waals surface area contributed by atoms with E-state index in [1.54, 1.807) is 5.32 Å². The van der Waals surface area contributed by atoms with Crippen molar-refractivity contribution in [1.82, 2.24) is 10.3 Å². The molecule has 1 aromatic carbocycles. The van der Waals surface area contributed by atoms with Crippen LogP contribution in [-0.2, 0) is 19.1 Å². The van der Waals surface area contributed by atoms with Crippen molar-refractivity contribution in [3.63, 3.8) is 0 Å². The van der Waals surface area contributed by atoms with Crippen LogP contribution in [0.15, 0.2) is 35.4 Å². The molecule has 0 aromatic heterocycles. The molecule has 146 valence electrons. The number of ether oxygens (including phenoxy) is 1. The fraction of sp³-hybridized carbons (Fsp3) is 0.412. The Morgan fingerprint density at radius 1 is 1.15 bits per heavy atom. The lowest BCUT2D eigenvalue weighted by molar-refractivity contribution is -0.152. The van der Waals surface area contributed by atoms with Crippen LogP contribution in [-0.4, -0.2) is 54.4 Å². The average Bonchev–Trinajstić information content (AvgIpc) is 3.13. The van der Waals surface area contributed by atoms with Crippen LogP contribution < -0.4 is 5.32 Å². The van der Waals surface area contributed by atoms with Crippen molar-refractivity contribution >= 4 is 23.5 Å². The Labute approximate surface area is 153 Å². The van der Waals surface area contributed by atoms with E-state index in [0.717, 1.165) is 11.3 Å². The zero-order chi connectivity index (χ0) is 19.9. The van der Waals surface area contributed by atoms with E-state index in [-0.39, 0.29) is 18.7 Å². The van der Waals surface area contributed by atoms with Gasteiger partial charge >= 0.3 is 12.1 Å². The Hall–Kier alpha value is -2.91. The van der Waals surface area contributed by atoms with Gasteiger partial charge in [-0.1, -0.05) is 30.3 Å². The molecule has 0 aliphatic carbocycles. The molecule has 1 aliphatic heterocycles. The van der Waals surface area contributed by atoms with Crippen molar-refractivity contribution in [2.75, 3.05) is 19.7 Å². The standard InChI is InChI=1S/C17H18F3N3O4/c18-17(19,20)11-21-14(24)10-27-16(26)7-6-15(25)23-9-8-13(22-23)12-4-2-1-3-5-12/h1-5H,6-11H2,(H,21,24). The summed E-state index contributed by atoms with van der Waals surface area (Å²) >= 11 is 0. The van der Waals surface area contributed by atoms with E-state index in [0.29, 0.717) is 13.0 Å². The van der Waals surface area contributed by atoms with Crippen molar-refractivity contribution in [2.24, 2.45) is 5.10 Å². The lowest BCUT2D eigenvalue weighted by atomic mass is 10.1. The molecule has 0 atom stereocenters. The van der Waals surface area contributed by atoms with Crippen LogP contribution in [0.4, 0.5) is 13.2 Å². The number of carbonyl (C=O) groups excluding carboxylic acids is 3. The Bertz CT molecular complexity index is 720. The fourth-order valence-electron chi connectivity index (χ4n) is 2.28. The molecule has 0 fully saturated rings. The number of halogens is 3. The Kier molecular flexibility index (Phi) is 6.91. The topological polar surface area (TPSA) is 88.1 Å². The van der Waals surface area contributed by atoms with Crippen LogP contribution in [0.3, 0.4) is 0 Å². The van der Waals surface area contributed by atoms with E-state index in [1.807, 2.05) is 30.3 Å². The number of amides is 2. The summed E-state index contributed by atoms with van der Waals surface area (Å²) in [6.07, 6.45) is -4.41. The van der Waals surface area contributed by atoms with Crippen molar-refractivity contribution in [3.8, 4) is 0 Å². The molecule has 0 saturated heterocycles. The molecule has 1 aliphatic rings. The molecule has 27 heavy (non-hydrogen) atoms. The van der Waals surface area contributed by atoms with Gasteiger partial charge in [0, 0.05) is 12.8 Å². The highest BCUT2D eigenvalue weighted by molar-refractivity contribution is 6.02. The van der Waals surface area contributed by atoms with Gasteiger partial charge in [0.05, 0.1) is 18.7 Å². The number of hydrogen-bond acceptors (Lipinski definition) is 5. The predicted octanol–water partition coefficient (Wildman–Crippen LogP) is 1.62. The van der Waals surface area contributed by atoms with E-state index in [1.165, 1.54) is 5.01 Å². The second-order valence-corrected chi connectivity index (χ2v) is 5.73. The zero-order valence-electron chi connectivity index (χ0n) is 14.3. The summed E-state index contributed by atoms with van der Waals surface area (Å²) in [6, 6.07) is 9.37. The minimum atomic E-state index is -4.54. The van der Waals surface area contributed by atoms with Gasteiger partial charge in [-0.05, 0) is 5.56 Å².